The van der Waals surface area contributed by atoms with E-state index in [1.54, 1.807) is 14.2 Å². The summed E-state index contributed by atoms with van der Waals surface area (Å²) in [5.74, 6) is 4.58. The third kappa shape index (κ3) is 8.70. The van der Waals surface area contributed by atoms with Crippen LogP contribution in [-0.2, 0) is 0 Å². The Hall–Kier alpha value is -6.76. The molecule has 0 saturated heterocycles. The normalized spacial score (nSPS) is 18.8. The van der Waals surface area contributed by atoms with E-state index in [0.717, 1.165) is 117 Å². The number of nitrogens with one attached hydrogen (secondary N) is 2. The predicted octanol–water partition coefficient (Wildman–Crippen LogP) is 10.6. The Labute approximate surface area is 360 Å². The van der Waals surface area contributed by atoms with Crippen LogP contribution in [0.15, 0.2) is 131 Å². The summed E-state index contributed by atoms with van der Waals surface area (Å²) >= 11 is 0. The highest BCUT2D eigenvalue weighted by Crippen LogP contribution is 2.45. The second kappa shape index (κ2) is 18.5. The van der Waals surface area contributed by atoms with E-state index < -0.39 is 0 Å². The molecule has 4 aromatic carbocycles. The number of fused-ring (bicyclic) bond motifs is 2. The van der Waals surface area contributed by atoms with Gasteiger partial charge in [0, 0.05) is 34.3 Å². The molecule has 0 spiro atoms. The van der Waals surface area contributed by atoms with Crippen LogP contribution in [0.5, 0.6) is 11.5 Å². The molecule has 4 N–H and O–H groups in total. The van der Waals surface area contributed by atoms with Gasteiger partial charge in [-0.05, 0) is 86.8 Å². The summed E-state index contributed by atoms with van der Waals surface area (Å²) in [4.78, 5) is 18.0. The highest BCUT2D eigenvalue weighted by Gasteiger charge is 2.27. The number of furan rings is 2. The molecule has 10 rings (SSSR count). The van der Waals surface area contributed by atoms with Crippen LogP contribution in [-0.4, -0.2) is 68.7 Å². The molecule has 4 aromatic heterocycles. The number of aliphatic hydroxyl groups excluding tert-OH is 2. The standard InChI is InChI=1S/2C25H25N3O3/c2*1-30-20-12-10-16(11-13-20)21-22-24(28-18-8-5-9-19(29)14-18)26-15-27-25(22)31-23(21)17-6-3-2-4-7-17/h2*2-4,6-7,10-13,15,18-19,29H,5,8-9,14H2,1H3,(H,26,27,28)/t18-,19+;18-,19-/m00/s1. The lowest BCUT2D eigenvalue weighted by Gasteiger charge is -2.27. The van der Waals surface area contributed by atoms with E-state index in [4.69, 9.17) is 18.3 Å². The Bertz CT molecular complexity index is 2530. The van der Waals surface area contributed by atoms with E-state index in [0.29, 0.717) is 24.3 Å². The molecule has 62 heavy (non-hydrogen) atoms. The fourth-order valence-electron chi connectivity index (χ4n) is 8.71. The average molecular weight is 831 g/mol. The first-order chi connectivity index (χ1) is 30.4. The van der Waals surface area contributed by atoms with E-state index in [9.17, 15) is 10.2 Å². The van der Waals surface area contributed by atoms with Gasteiger partial charge in [-0.1, -0.05) is 84.9 Å². The van der Waals surface area contributed by atoms with E-state index in [1.165, 1.54) is 12.7 Å². The largest absolute Gasteiger partial charge is 0.497 e. The van der Waals surface area contributed by atoms with Crippen LogP contribution in [0.25, 0.3) is 67.1 Å². The van der Waals surface area contributed by atoms with Crippen LogP contribution in [0.1, 0.15) is 51.4 Å². The van der Waals surface area contributed by atoms with Gasteiger partial charge in [-0.25, -0.2) is 19.9 Å². The molecule has 8 aromatic rings. The van der Waals surface area contributed by atoms with Gasteiger partial charge >= 0.3 is 0 Å². The van der Waals surface area contributed by atoms with Gasteiger partial charge in [-0.2, -0.15) is 0 Å². The SMILES string of the molecule is COc1ccc(-c2c(-c3ccccc3)oc3ncnc(N[C@H]4CCC[C@@H](O)C4)c23)cc1.COc1ccc(-c2c(-c3ccccc3)oc3ncnc(N[C@H]4CCC[C@H](O)C4)c23)cc1. The van der Waals surface area contributed by atoms with Crippen molar-refractivity contribution in [3.8, 4) is 56.4 Å². The zero-order chi connectivity index (χ0) is 42.4. The molecule has 0 aliphatic heterocycles. The number of rotatable bonds is 10. The van der Waals surface area contributed by atoms with Crippen molar-refractivity contribution in [3.63, 3.8) is 0 Å². The van der Waals surface area contributed by atoms with E-state index in [1.807, 2.05) is 109 Å². The summed E-state index contributed by atoms with van der Waals surface area (Å²) in [5, 5.41) is 29.0. The lowest BCUT2D eigenvalue weighted by molar-refractivity contribution is 0.124. The zero-order valence-electron chi connectivity index (χ0n) is 34.8. The molecule has 12 heteroatoms. The average Bonchev–Trinajstić information content (AvgIpc) is 3.91. The molecule has 2 saturated carbocycles. The Morgan fingerprint density at radius 3 is 1.27 bits per heavy atom. The minimum Gasteiger partial charge on any atom is -0.497 e. The fourth-order valence-corrected chi connectivity index (χ4v) is 8.71. The molecule has 0 amide bonds. The number of anilines is 2. The van der Waals surface area contributed by atoms with Crippen LogP contribution in [0, 0.1) is 0 Å². The first-order valence-corrected chi connectivity index (χ1v) is 21.3. The Morgan fingerprint density at radius 1 is 0.500 bits per heavy atom. The molecule has 0 radical (unpaired) electrons. The van der Waals surface area contributed by atoms with Gasteiger partial charge in [0.1, 0.15) is 47.3 Å². The number of hydrogen-bond acceptors (Lipinski definition) is 12. The third-order valence-electron chi connectivity index (χ3n) is 11.8. The molecule has 2 fully saturated rings. The van der Waals surface area contributed by atoms with E-state index >= 15 is 0 Å². The highest BCUT2D eigenvalue weighted by atomic mass is 16.5. The van der Waals surface area contributed by atoms with E-state index in [2.05, 4.69) is 30.6 Å². The number of aromatic nitrogens is 4. The van der Waals surface area contributed by atoms with E-state index in [-0.39, 0.29) is 24.3 Å². The number of benzene rings is 4. The van der Waals surface area contributed by atoms with Crippen molar-refractivity contribution in [2.75, 3.05) is 24.9 Å². The Kier molecular flexibility index (Phi) is 12.1. The molecule has 2 aliphatic carbocycles. The molecule has 12 nitrogen and oxygen atoms in total. The maximum Gasteiger partial charge on any atom is 0.232 e. The highest BCUT2D eigenvalue weighted by molar-refractivity contribution is 6.07. The second-order valence-electron chi connectivity index (χ2n) is 15.9. The van der Waals surface area contributed by atoms with Crippen molar-refractivity contribution in [2.45, 2.75) is 75.7 Å². The maximum absolute atomic E-state index is 10.1. The zero-order valence-corrected chi connectivity index (χ0v) is 34.8. The summed E-state index contributed by atoms with van der Waals surface area (Å²) in [5.41, 5.74) is 6.93. The van der Waals surface area contributed by atoms with Gasteiger partial charge in [0.25, 0.3) is 0 Å². The fraction of sp³-hybridized carbons (Fsp3) is 0.280. The van der Waals surface area contributed by atoms with Crippen LogP contribution in [0.4, 0.5) is 11.6 Å². The summed E-state index contributed by atoms with van der Waals surface area (Å²) in [7, 11) is 3.32. The van der Waals surface area contributed by atoms with Crippen molar-refractivity contribution in [1.29, 1.82) is 0 Å². The molecule has 4 heterocycles. The van der Waals surface area contributed by atoms with Crippen molar-refractivity contribution in [1.82, 2.24) is 19.9 Å². The Morgan fingerprint density at radius 2 is 0.903 bits per heavy atom. The van der Waals surface area contributed by atoms with Crippen molar-refractivity contribution >= 4 is 33.8 Å². The first kappa shape index (κ1) is 40.6. The molecular weight excluding hydrogens is 781 g/mol. The summed E-state index contributed by atoms with van der Waals surface area (Å²) in [6, 6.07) is 36.3. The number of methoxy groups -OCH3 is 2. The van der Waals surface area contributed by atoms with Gasteiger partial charge in [0.05, 0.1) is 37.2 Å². The number of hydrogen-bond donors (Lipinski definition) is 4. The monoisotopic (exact) mass is 830 g/mol. The minimum atomic E-state index is -0.270. The van der Waals surface area contributed by atoms with Crippen LogP contribution in [0.2, 0.25) is 0 Å². The molecule has 316 valence electrons. The summed E-state index contributed by atoms with van der Waals surface area (Å²) < 4.78 is 23.2. The quantitative estimate of drug-likeness (QED) is 0.103. The van der Waals surface area contributed by atoms with Gasteiger partial charge in [0.2, 0.25) is 11.4 Å². The lowest BCUT2D eigenvalue weighted by Crippen LogP contribution is -2.30. The maximum atomic E-state index is 10.1. The molecule has 2 aliphatic rings. The predicted molar refractivity (Wildman–Crippen MR) is 242 cm³/mol. The number of aliphatic hydroxyl groups is 2. The third-order valence-corrected chi connectivity index (χ3v) is 11.8. The molecular formula is C50H50N6O6. The number of nitrogens with zero attached hydrogens (tertiary/aromatic N) is 4. The Balaban J connectivity index is 0.000000158. The van der Waals surface area contributed by atoms with Crippen LogP contribution in [0.3, 0.4) is 0 Å². The van der Waals surface area contributed by atoms with Crippen molar-refractivity contribution < 1.29 is 28.5 Å². The lowest BCUT2D eigenvalue weighted by atomic mass is 9.93. The van der Waals surface area contributed by atoms with Gasteiger partial charge < -0.3 is 39.2 Å². The summed E-state index contributed by atoms with van der Waals surface area (Å²) in [6.07, 6.45) is 9.67. The van der Waals surface area contributed by atoms with Crippen molar-refractivity contribution in [3.05, 3.63) is 122 Å². The minimum absolute atomic E-state index is 0.167. The second-order valence-corrected chi connectivity index (χ2v) is 15.9. The topological polar surface area (TPSA) is 161 Å². The molecule has 4 atom stereocenters. The molecule has 0 bridgehead atoms. The van der Waals surface area contributed by atoms with Crippen LogP contribution >= 0.6 is 0 Å². The first-order valence-electron chi connectivity index (χ1n) is 21.3. The van der Waals surface area contributed by atoms with Gasteiger partial charge in [-0.3, -0.25) is 0 Å². The smallest absolute Gasteiger partial charge is 0.232 e. The van der Waals surface area contributed by atoms with Crippen LogP contribution < -0.4 is 20.1 Å². The summed E-state index contributed by atoms with van der Waals surface area (Å²) in [6.45, 7) is 0. The number of ether oxygens (including phenoxy) is 2. The van der Waals surface area contributed by atoms with Crippen molar-refractivity contribution in [2.24, 2.45) is 0 Å². The van der Waals surface area contributed by atoms with Gasteiger partial charge in [0.15, 0.2) is 0 Å². The van der Waals surface area contributed by atoms with Gasteiger partial charge in [-0.15, -0.1) is 0 Å². The molecule has 0 unspecified atom stereocenters.